The number of alkyl carbamates (subject to hydrolysis) is 1. The van der Waals surface area contributed by atoms with Gasteiger partial charge in [0.25, 0.3) is 0 Å². The first-order valence-electron chi connectivity index (χ1n) is 10.5. The van der Waals surface area contributed by atoms with Gasteiger partial charge in [-0.2, -0.15) is 0 Å². The number of carboxylic acids is 1. The Labute approximate surface area is 185 Å². The van der Waals surface area contributed by atoms with E-state index in [0.29, 0.717) is 12.8 Å². The molecule has 2 amide bonds. The number of ether oxygens (including phenoxy) is 2. The number of carbonyl (C=O) groups is 3. The van der Waals surface area contributed by atoms with E-state index in [1.807, 2.05) is 36.4 Å². The number of aliphatic carboxylic acids is 1. The molecule has 1 unspecified atom stereocenters. The highest BCUT2D eigenvalue weighted by Crippen LogP contribution is 2.44. The fourth-order valence-electron chi connectivity index (χ4n) is 4.17. The lowest BCUT2D eigenvalue weighted by molar-refractivity contribution is -0.149. The molecule has 0 saturated heterocycles. The Balaban J connectivity index is 1.40. The van der Waals surface area contributed by atoms with Gasteiger partial charge in [0.05, 0.1) is 6.61 Å². The first-order valence-corrected chi connectivity index (χ1v) is 10.5. The number of fused-ring (bicyclic) bond motifs is 3. The third-order valence-electron chi connectivity index (χ3n) is 6.16. The molecular weight excluding hydrogens is 412 g/mol. The smallest absolute Gasteiger partial charge is 0.408 e. The molecule has 0 bridgehead atoms. The largest absolute Gasteiger partial charge is 0.479 e. The SMILES string of the molecule is COCC(C)(NC(=O)C1(NC(=O)OCC2c3ccccc3-c3ccccc32)CC1)C(=O)O. The van der Waals surface area contributed by atoms with Gasteiger partial charge in [0.1, 0.15) is 12.1 Å². The monoisotopic (exact) mass is 438 g/mol. The fourth-order valence-corrected chi connectivity index (χ4v) is 4.17. The first-order chi connectivity index (χ1) is 15.3. The fraction of sp³-hybridized carbons (Fsp3) is 0.375. The molecule has 32 heavy (non-hydrogen) atoms. The van der Waals surface area contributed by atoms with Crippen molar-refractivity contribution in [1.29, 1.82) is 0 Å². The molecule has 0 spiro atoms. The van der Waals surface area contributed by atoms with Crippen molar-refractivity contribution >= 4 is 18.0 Å². The number of hydrogen-bond donors (Lipinski definition) is 3. The Morgan fingerprint density at radius 2 is 1.62 bits per heavy atom. The van der Waals surface area contributed by atoms with E-state index in [9.17, 15) is 19.5 Å². The van der Waals surface area contributed by atoms with Gasteiger partial charge in [-0.05, 0) is 42.0 Å². The quantitative estimate of drug-likeness (QED) is 0.584. The van der Waals surface area contributed by atoms with Crippen LogP contribution < -0.4 is 10.6 Å². The second-order valence-corrected chi connectivity index (χ2v) is 8.56. The molecule has 1 atom stereocenters. The Morgan fingerprint density at radius 1 is 1.06 bits per heavy atom. The number of rotatable bonds is 8. The summed E-state index contributed by atoms with van der Waals surface area (Å²) in [5.74, 6) is -1.87. The standard InChI is InChI=1S/C24H26N2O6/c1-23(14-31-2,21(28)29)25-20(27)24(11-12-24)26-22(30)32-13-19-17-9-5-3-7-15(17)16-8-4-6-10-18(16)19/h3-10,19H,11-14H2,1-2H3,(H,25,27)(H,26,30)(H,28,29). The molecule has 0 radical (unpaired) electrons. The highest BCUT2D eigenvalue weighted by molar-refractivity contribution is 5.96. The number of benzene rings is 2. The zero-order valence-electron chi connectivity index (χ0n) is 18.0. The number of amides is 2. The maximum Gasteiger partial charge on any atom is 0.408 e. The third kappa shape index (κ3) is 3.93. The summed E-state index contributed by atoms with van der Waals surface area (Å²) in [7, 11) is 1.36. The zero-order chi connectivity index (χ0) is 22.9. The van der Waals surface area contributed by atoms with E-state index in [1.165, 1.54) is 14.0 Å². The molecule has 2 aromatic rings. The van der Waals surface area contributed by atoms with E-state index >= 15 is 0 Å². The summed E-state index contributed by atoms with van der Waals surface area (Å²) >= 11 is 0. The predicted molar refractivity (Wildman–Crippen MR) is 116 cm³/mol. The predicted octanol–water partition coefficient (Wildman–Crippen LogP) is 2.66. The van der Waals surface area contributed by atoms with E-state index in [4.69, 9.17) is 9.47 Å². The second-order valence-electron chi connectivity index (χ2n) is 8.56. The first kappa shape index (κ1) is 21.8. The molecule has 0 aliphatic heterocycles. The molecule has 2 aliphatic carbocycles. The lowest BCUT2D eigenvalue weighted by Crippen LogP contribution is -2.61. The number of carbonyl (C=O) groups excluding carboxylic acids is 2. The molecule has 0 aromatic heterocycles. The van der Waals surface area contributed by atoms with Crippen molar-refractivity contribution in [3.8, 4) is 11.1 Å². The lowest BCUT2D eigenvalue weighted by atomic mass is 9.98. The van der Waals surface area contributed by atoms with Crippen LogP contribution in [0.25, 0.3) is 11.1 Å². The van der Waals surface area contributed by atoms with Gasteiger partial charge in [-0.3, -0.25) is 4.79 Å². The van der Waals surface area contributed by atoms with Gasteiger partial charge in [0.15, 0.2) is 5.54 Å². The molecule has 2 aliphatic rings. The normalized spacial score (nSPS) is 17.4. The molecule has 0 heterocycles. The summed E-state index contributed by atoms with van der Waals surface area (Å²) in [6.45, 7) is 1.29. The van der Waals surface area contributed by atoms with Crippen molar-refractivity contribution in [3.05, 3.63) is 59.7 Å². The summed E-state index contributed by atoms with van der Waals surface area (Å²) in [6, 6.07) is 16.0. The summed E-state index contributed by atoms with van der Waals surface area (Å²) in [6.07, 6.45) is 0.112. The Kier molecular flexibility index (Phi) is 5.64. The summed E-state index contributed by atoms with van der Waals surface area (Å²) < 4.78 is 10.4. The van der Waals surface area contributed by atoms with Crippen LogP contribution in [-0.4, -0.2) is 54.5 Å². The number of nitrogens with one attached hydrogen (secondary N) is 2. The van der Waals surface area contributed by atoms with Crippen molar-refractivity contribution in [2.45, 2.75) is 36.8 Å². The van der Waals surface area contributed by atoms with Gasteiger partial charge in [-0.1, -0.05) is 48.5 Å². The maximum atomic E-state index is 12.7. The summed E-state index contributed by atoms with van der Waals surface area (Å²) in [5, 5.41) is 14.6. The van der Waals surface area contributed by atoms with Crippen molar-refractivity contribution < 1.29 is 29.0 Å². The Morgan fingerprint density at radius 3 is 2.12 bits per heavy atom. The average Bonchev–Trinajstić information content (AvgIpc) is 3.48. The minimum atomic E-state index is -1.59. The average molecular weight is 438 g/mol. The summed E-state index contributed by atoms with van der Waals surface area (Å²) in [4.78, 5) is 36.9. The number of hydrogen-bond acceptors (Lipinski definition) is 5. The molecular formula is C24H26N2O6. The number of methoxy groups -OCH3 is 1. The zero-order valence-corrected chi connectivity index (χ0v) is 18.0. The topological polar surface area (TPSA) is 114 Å². The highest BCUT2D eigenvalue weighted by Gasteiger charge is 2.54. The van der Waals surface area contributed by atoms with Crippen LogP contribution in [0.5, 0.6) is 0 Å². The van der Waals surface area contributed by atoms with Crippen molar-refractivity contribution in [1.82, 2.24) is 10.6 Å². The lowest BCUT2D eigenvalue weighted by Gasteiger charge is -2.28. The van der Waals surface area contributed by atoms with Crippen molar-refractivity contribution in [3.63, 3.8) is 0 Å². The molecule has 2 aromatic carbocycles. The second kappa shape index (κ2) is 8.27. The van der Waals surface area contributed by atoms with Gasteiger partial charge in [0, 0.05) is 13.0 Å². The van der Waals surface area contributed by atoms with Gasteiger partial charge in [0.2, 0.25) is 5.91 Å². The van der Waals surface area contributed by atoms with Gasteiger partial charge < -0.3 is 25.2 Å². The van der Waals surface area contributed by atoms with E-state index in [0.717, 1.165) is 22.3 Å². The van der Waals surface area contributed by atoms with Crippen molar-refractivity contribution in [2.24, 2.45) is 0 Å². The van der Waals surface area contributed by atoms with Crippen molar-refractivity contribution in [2.75, 3.05) is 20.3 Å². The van der Waals surface area contributed by atoms with Gasteiger partial charge in [-0.15, -0.1) is 0 Å². The Hall–Kier alpha value is -3.39. The Bertz CT molecular complexity index is 1020. The van der Waals surface area contributed by atoms with Crippen LogP contribution in [0.15, 0.2) is 48.5 Å². The van der Waals surface area contributed by atoms with Crippen LogP contribution >= 0.6 is 0 Å². The minimum absolute atomic E-state index is 0.0888. The maximum absolute atomic E-state index is 12.7. The van der Waals surface area contributed by atoms with E-state index in [1.54, 1.807) is 0 Å². The van der Waals surface area contributed by atoms with Crippen LogP contribution in [-0.2, 0) is 19.1 Å². The van der Waals surface area contributed by atoms with Crippen LogP contribution in [0, 0.1) is 0 Å². The molecule has 4 rings (SSSR count). The molecule has 8 heteroatoms. The van der Waals surface area contributed by atoms with Crippen LogP contribution in [0.4, 0.5) is 4.79 Å². The van der Waals surface area contributed by atoms with E-state index in [2.05, 4.69) is 22.8 Å². The van der Waals surface area contributed by atoms with Crippen LogP contribution in [0.3, 0.4) is 0 Å². The summed E-state index contributed by atoms with van der Waals surface area (Å²) in [5.41, 5.74) is 1.69. The highest BCUT2D eigenvalue weighted by atomic mass is 16.5. The third-order valence-corrected chi connectivity index (χ3v) is 6.16. The van der Waals surface area contributed by atoms with E-state index in [-0.39, 0.29) is 19.1 Å². The molecule has 1 fully saturated rings. The number of carboxylic acid groups (broad SMARTS) is 1. The van der Waals surface area contributed by atoms with Gasteiger partial charge in [-0.25, -0.2) is 9.59 Å². The molecule has 3 N–H and O–H groups in total. The molecule has 1 saturated carbocycles. The van der Waals surface area contributed by atoms with Crippen LogP contribution in [0.1, 0.15) is 36.8 Å². The molecule has 8 nitrogen and oxygen atoms in total. The van der Waals surface area contributed by atoms with Crippen LogP contribution in [0.2, 0.25) is 0 Å². The minimum Gasteiger partial charge on any atom is -0.479 e. The molecule has 168 valence electrons. The van der Waals surface area contributed by atoms with E-state index < -0.39 is 29.0 Å². The van der Waals surface area contributed by atoms with Gasteiger partial charge >= 0.3 is 12.1 Å².